The highest BCUT2D eigenvalue weighted by molar-refractivity contribution is 8.16. The van der Waals surface area contributed by atoms with Crippen molar-refractivity contribution in [2.45, 2.75) is 13.3 Å². The average molecular weight is 374 g/mol. The molecule has 8 heteroatoms. The van der Waals surface area contributed by atoms with Crippen molar-refractivity contribution in [3.8, 4) is 0 Å². The first kappa shape index (κ1) is 18.2. The van der Waals surface area contributed by atoms with E-state index in [2.05, 4.69) is 15.3 Å². The number of aliphatic imine (C=N–C) groups is 1. The van der Waals surface area contributed by atoms with E-state index < -0.39 is 10.0 Å². The summed E-state index contributed by atoms with van der Waals surface area (Å²) in [5.41, 5.74) is 2.94. The summed E-state index contributed by atoms with van der Waals surface area (Å²) in [5.74, 6) is 0. The number of nitrogens with zero attached hydrogens (tertiary/aromatic N) is 3. The molecular weight excluding hydrogens is 354 g/mol. The predicted molar refractivity (Wildman–Crippen MR) is 101 cm³/mol. The Morgan fingerprint density at radius 1 is 1.30 bits per heavy atom. The number of hydrogen-bond donors (Lipinski definition) is 0. The minimum absolute atomic E-state index is 0. The van der Waals surface area contributed by atoms with Gasteiger partial charge in [0.1, 0.15) is 0 Å². The van der Waals surface area contributed by atoms with Gasteiger partial charge in [-0.1, -0.05) is 23.9 Å². The molecule has 23 heavy (non-hydrogen) atoms. The summed E-state index contributed by atoms with van der Waals surface area (Å²) in [6.07, 6.45) is 2.30. The van der Waals surface area contributed by atoms with Crippen molar-refractivity contribution in [3.05, 3.63) is 35.2 Å². The van der Waals surface area contributed by atoms with Crippen LogP contribution >= 0.6 is 24.2 Å². The van der Waals surface area contributed by atoms with Crippen LogP contribution in [0.5, 0.6) is 0 Å². The highest BCUT2D eigenvalue weighted by atomic mass is 35.5. The van der Waals surface area contributed by atoms with E-state index in [1.165, 1.54) is 10.6 Å². The van der Waals surface area contributed by atoms with Crippen LogP contribution in [0.2, 0.25) is 0 Å². The van der Waals surface area contributed by atoms with Gasteiger partial charge < -0.3 is 4.90 Å². The standard InChI is InChI=1S/C15H19N3O2S2.ClH/c1-3-18(22(2,19)20)13-7-5-12(6-8-13)14-11-21-15-16-9-4-10-17(14)15;/h5-8,11H,3-4,9-10H2,1-2H3;1H. The summed E-state index contributed by atoms with van der Waals surface area (Å²) in [5, 5.41) is 3.18. The van der Waals surface area contributed by atoms with Crippen LogP contribution in [0.3, 0.4) is 0 Å². The van der Waals surface area contributed by atoms with E-state index >= 15 is 0 Å². The van der Waals surface area contributed by atoms with Crippen molar-refractivity contribution in [1.29, 1.82) is 0 Å². The fraction of sp³-hybridized carbons (Fsp3) is 0.400. The Labute approximate surface area is 147 Å². The zero-order chi connectivity index (χ0) is 15.7. The molecule has 0 saturated carbocycles. The number of sulfonamides is 1. The number of rotatable bonds is 4. The molecule has 2 aliphatic heterocycles. The number of anilines is 1. The number of fused-ring (bicyclic) bond motifs is 1. The van der Waals surface area contributed by atoms with Gasteiger partial charge in [0.25, 0.3) is 0 Å². The Morgan fingerprint density at radius 3 is 2.61 bits per heavy atom. The smallest absolute Gasteiger partial charge is 0.232 e. The third kappa shape index (κ3) is 3.67. The number of halogens is 1. The Hall–Kier alpha value is -1.18. The lowest BCUT2D eigenvalue weighted by atomic mass is 10.1. The Morgan fingerprint density at radius 2 is 2.00 bits per heavy atom. The number of thioether (sulfide) groups is 1. The minimum Gasteiger partial charge on any atom is -0.320 e. The Bertz CT molecular complexity index is 730. The van der Waals surface area contributed by atoms with Crippen LogP contribution in [-0.2, 0) is 10.0 Å². The van der Waals surface area contributed by atoms with Crippen LogP contribution < -0.4 is 4.31 Å². The summed E-state index contributed by atoms with van der Waals surface area (Å²) >= 11 is 1.66. The maximum absolute atomic E-state index is 11.8. The second-order valence-electron chi connectivity index (χ2n) is 5.27. The van der Waals surface area contributed by atoms with Crippen LogP contribution in [0, 0.1) is 0 Å². The Kier molecular flexibility index (Phi) is 5.65. The molecule has 0 radical (unpaired) electrons. The molecule has 0 atom stereocenters. The zero-order valence-corrected chi connectivity index (χ0v) is 15.5. The van der Waals surface area contributed by atoms with Crippen LogP contribution in [0.15, 0.2) is 34.7 Å². The molecule has 0 fully saturated rings. The van der Waals surface area contributed by atoms with Gasteiger partial charge in [-0.15, -0.1) is 12.4 Å². The topological polar surface area (TPSA) is 53.0 Å². The van der Waals surface area contributed by atoms with Crippen LogP contribution in [0.1, 0.15) is 18.9 Å². The predicted octanol–water partition coefficient (Wildman–Crippen LogP) is 3.00. The van der Waals surface area contributed by atoms with Crippen molar-refractivity contribution >= 4 is 50.7 Å². The third-order valence-electron chi connectivity index (χ3n) is 3.72. The summed E-state index contributed by atoms with van der Waals surface area (Å²) in [4.78, 5) is 6.76. The second-order valence-corrected chi connectivity index (χ2v) is 8.01. The van der Waals surface area contributed by atoms with Gasteiger partial charge in [0.2, 0.25) is 10.0 Å². The molecular formula is C15H20ClN3O2S2. The molecule has 2 heterocycles. The summed E-state index contributed by atoms with van der Waals surface area (Å²) < 4.78 is 25.0. The molecule has 0 aliphatic carbocycles. The molecule has 2 aliphatic rings. The first-order valence-corrected chi connectivity index (χ1v) is 10.0. The second kappa shape index (κ2) is 7.15. The van der Waals surface area contributed by atoms with Crippen molar-refractivity contribution < 1.29 is 8.42 Å². The molecule has 0 unspecified atom stereocenters. The molecule has 1 aromatic rings. The van der Waals surface area contributed by atoms with Gasteiger partial charge in [0, 0.05) is 25.0 Å². The highest BCUT2D eigenvalue weighted by Crippen LogP contribution is 2.35. The van der Waals surface area contributed by atoms with Gasteiger partial charge in [-0.05, 0) is 31.0 Å². The normalized spacial score (nSPS) is 17.0. The average Bonchev–Trinajstić information content (AvgIpc) is 2.91. The van der Waals surface area contributed by atoms with E-state index in [0.29, 0.717) is 12.2 Å². The maximum atomic E-state index is 11.8. The van der Waals surface area contributed by atoms with Crippen LogP contribution in [-0.4, -0.2) is 44.4 Å². The maximum Gasteiger partial charge on any atom is 0.232 e. The molecule has 0 saturated heterocycles. The Balaban J connectivity index is 0.00000192. The van der Waals surface area contributed by atoms with E-state index in [9.17, 15) is 8.42 Å². The zero-order valence-electron chi connectivity index (χ0n) is 13.1. The van der Waals surface area contributed by atoms with E-state index in [1.54, 1.807) is 11.8 Å². The minimum atomic E-state index is -3.23. The van der Waals surface area contributed by atoms with Crippen molar-refractivity contribution in [1.82, 2.24) is 4.90 Å². The largest absolute Gasteiger partial charge is 0.320 e. The summed E-state index contributed by atoms with van der Waals surface area (Å²) in [6, 6.07) is 7.69. The lowest BCUT2D eigenvalue weighted by molar-refractivity contribution is 0.542. The SMILES string of the molecule is CCN(c1ccc(C2=CSC3=NCCCN23)cc1)S(C)(=O)=O.Cl. The number of benzene rings is 1. The molecule has 1 aromatic carbocycles. The van der Waals surface area contributed by atoms with Crippen LogP contribution in [0.4, 0.5) is 5.69 Å². The van der Waals surface area contributed by atoms with E-state index in [1.807, 2.05) is 31.2 Å². The van der Waals surface area contributed by atoms with Gasteiger partial charge in [-0.3, -0.25) is 9.30 Å². The third-order valence-corrected chi connectivity index (χ3v) is 5.89. The quantitative estimate of drug-likeness (QED) is 0.814. The van der Waals surface area contributed by atoms with Gasteiger partial charge >= 0.3 is 0 Å². The monoisotopic (exact) mass is 373 g/mol. The van der Waals surface area contributed by atoms with E-state index in [4.69, 9.17) is 0 Å². The number of amidine groups is 1. The number of hydrogen-bond acceptors (Lipinski definition) is 5. The lowest BCUT2D eigenvalue weighted by Crippen LogP contribution is -2.30. The van der Waals surface area contributed by atoms with Gasteiger partial charge in [-0.2, -0.15) is 0 Å². The molecule has 0 aromatic heterocycles. The molecule has 3 rings (SSSR count). The fourth-order valence-corrected chi connectivity index (χ4v) is 4.65. The van der Waals surface area contributed by atoms with Gasteiger partial charge in [0.15, 0.2) is 5.17 Å². The fourth-order valence-electron chi connectivity index (χ4n) is 2.71. The highest BCUT2D eigenvalue weighted by Gasteiger charge is 2.26. The van der Waals surface area contributed by atoms with Crippen molar-refractivity contribution in [2.24, 2.45) is 4.99 Å². The molecule has 0 bridgehead atoms. The summed E-state index contributed by atoms with van der Waals surface area (Å²) in [6.45, 7) is 4.16. The molecule has 126 valence electrons. The van der Waals surface area contributed by atoms with E-state index in [0.717, 1.165) is 35.9 Å². The van der Waals surface area contributed by atoms with Crippen molar-refractivity contribution in [3.63, 3.8) is 0 Å². The van der Waals surface area contributed by atoms with Crippen molar-refractivity contribution in [2.75, 3.05) is 30.2 Å². The first-order valence-electron chi connectivity index (χ1n) is 7.27. The molecule has 5 nitrogen and oxygen atoms in total. The first-order chi connectivity index (χ1) is 10.5. The molecule has 0 spiro atoms. The molecule has 0 N–H and O–H groups in total. The van der Waals surface area contributed by atoms with Crippen LogP contribution in [0.25, 0.3) is 5.70 Å². The van der Waals surface area contributed by atoms with Gasteiger partial charge in [0.05, 0.1) is 17.6 Å². The lowest BCUT2D eigenvalue weighted by Gasteiger charge is -2.26. The van der Waals surface area contributed by atoms with Gasteiger partial charge in [-0.25, -0.2) is 8.42 Å². The summed E-state index contributed by atoms with van der Waals surface area (Å²) in [7, 11) is -3.23. The molecule has 0 amide bonds. The van der Waals surface area contributed by atoms with E-state index in [-0.39, 0.29) is 12.4 Å².